The maximum absolute atomic E-state index is 11.3. The summed E-state index contributed by atoms with van der Waals surface area (Å²) in [5.41, 5.74) is 1.07. The van der Waals surface area contributed by atoms with Crippen molar-refractivity contribution >= 4 is 17.5 Å². The summed E-state index contributed by atoms with van der Waals surface area (Å²) in [6, 6.07) is 7.49. The summed E-state index contributed by atoms with van der Waals surface area (Å²) in [4.78, 5) is 11.3. The molecule has 1 amide bonds. The number of hydrogen-bond acceptors (Lipinski definition) is 2. The van der Waals surface area contributed by atoms with Crippen LogP contribution in [0.3, 0.4) is 0 Å². The Kier molecular flexibility index (Phi) is 4.77. The molecule has 0 bridgehead atoms. The molecule has 0 radical (unpaired) electrons. The van der Waals surface area contributed by atoms with Gasteiger partial charge in [0.25, 0.3) is 0 Å². The number of benzene rings is 1. The molecule has 1 aromatic carbocycles. The van der Waals surface area contributed by atoms with Crippen LogP contribution in [0, 0.1) is 0 Å². The molecule has 0 saturated heterocycles. The number of hydrogen-bond donors (Lipinski definition) is 2. The number of rotatable bonds is 4. The van der Waals surface area contributed by atoms with Gasteiger partial charge in [0, 0.05) is 18.1 Å². The fraction of sp³-hybridized carbons (Fsp3) is 0.417. The number of likely N-dealkylation sites (N-methyl/N-ethyl adjacent to an activating group) is 1. The van der Waals surface area contributed by atoms with E-state index < -0.39 is 0 Å². The van der Waals surface area contributed by atoms with E-state index in [2.05, 4.69) is 10.6 Å². The predicted octanol–water partition coefficient (Wildman–Crippen LogP) is 2.13. The summed E-state index contributed by atoms with van der Waals surface area (Å²) >= 11 is 5.91. The second-order valence-electron chi connectivity index (χ2n) is 3.78. The van der Waals surface area contributed by atoms with Crippen molar-refractivity contribution in [2.75, 3.05) is 7.05 Å². The summed E-state index contributed by atoms with van der Waals surface area (Å²) in [5.74, 6) is -0.0196. The lowest BCUT2D eigenvalue weighted by Gasteiger charge is -2.19. The van der Waals surface area contributed by atoms with Crippen molar-refractivity contribution in [2.45, 2.75) is 25.9 Å². The number of carbonyl (C=O) groups is 1. The number of nitrogens with one attached hydrogen (secondary N) is 2. The van der Waals surface area contributed by atoms with Gasteiger partial charge in [0.05, 0.1) is 6.04 Å². The highest BCUT2D eigenvalue weighted by molar-refractivity contribution is 6.30. The summed E-state index contributed by atoms with van der Waals surface area (Å²) in [7, 11) is 1.63. The molecule has 0 heterocycles. The van der Waals surface area contributed by atoms with Crippen LogP contribution in [0.4, 0.5) is 0 Å². The molecule has 0 fully saturated rings. The zero-order chi connectivity index (χ0) is 12.1. The molecule has 0 aromatic heterocycles. The van der Waals surface area contributed by atoms with E-state index in [1.165, 1.54) is 0 Å². The largest absolute Gasteiger partial charge is 0.358 e. The Hall–Kier alpha value is -1.06. The molecule has 0 aliphatic carbocycles. The molecule has 0 saturated carbocycles. The molecule has 88 valence electrons. The van der Waals surface area contributed by atoms with Gasteiger partial charge in [0.1, 0.15) is 0 Å². The Morgan fingerprint density at radius 3 is 2.62 bits per heavy atom. The zero-order valence-electron chi connectivity index (χ0n) is 9.75. The van der Waals surface area contributed by atoms with Crippen LogP contribution in [0.2, 0.25) is 5.02 Å². The van der Waals surface area contributed by atoms with Gasteiger partial charge in [0.2, 0.25) is 5.91 Å². The lowest BCUT2D eigenvalue weighted by molar-refractivity contribution is -0.122. The lowest BCUT2D eigenvalue weighted by atomic mass is 10.1. The molecule has 1 unspecified atom stereocenters. The lowest BCUT2D eigenvalue weighted by Crippen LogP contribution is -2.41. The molecular weight excluding hydrogens is 224 g/mol. The van der Waals surface area contributed by atoms with Crippen LogP contribution in [0.15, 0.2) is 24.3 Å². The number of amides is 1. The van der Waals surface area contributed by atoms with Gasteiger partial charge < -0.3 is 5.32 Å². The minimum absolute atomic E-state index is 0.0196. The van der Waals surface area contributed by atoms with Crippen molar-refractivity contribution in [2.24, 2.45) is 0 Å². The van der Waals surface area contributed by atoms with E-state index in [9.17, 15) is 4.79 Å². The number of halogens is 1. The van der Waals surface area contributed by atoms with Gasteiger partial charge in [-0.3, -0.25) is 10.1 Å². The Morgan fingerprint density at radius 2 is 2.06 bits per heavy atom. The third-order valence-corrected chi connectivity index (χ3v) is 2.72. The summed E-state index contributed by atoms with van der Waals surface area (Å²) in [6.45, 7) is 3.84. The topological polar surface area (TPSA) is 41.1 Å². The molecular formula is C12H17ClN2O. The predicted molar refractivity (Wildman–Crippen MR) is 66.5 cm³/mol. The van der Waals surface area contributed by atoms with Crippen LogP contribution < -0.4 is 10.6 Å². The first-order valence-corrected chi connectivity index (χ1v) is 5.65. The minimum Gasteiger partial charge on any atom is -0.358 e. The van der Waals surface area contributed by atoms with Crippen molar-refractivity contribution in [1.29, 1.82) is 0 Å². The van der Waals surface area contributed by atoms with Crippen LogP contribution in [0.1, 0.15) is 25.5 Å². The van der Waals surface area contributed by atoms with Crippen LogP contribution in [0.25, 0.3) is 0 Å². The summed E-state index contributed by atoms with van der Waals surface area (Å²) in [5, 5.41) is 6.52. The van der Waals surface area contributed by atoms with Gasteiger partial charge in [-0.2, -0.15) is 0 Å². The van der Waals surface area contributed by atoms with Crippen molar-refractivity contribution in [1.82, 2.24) is 10.6 Å². The van der Waals surface area contributed by atoms with Crippen LogP contribution in [-0.2, 0) is 4.79 Å². The van der Waals surface area contributed by atoms with E-state index in [1.54, 1.807) is 7.05 Å². The Labute approximate surface area is 101 Å². The summed E-state index contributed by atoms with van der Waals surface area (Å²) in [6.07, 6.45) is 0. The SMILES string of the molecule is CNC(=O)[C@@H](C)NC(C)c1cccc(Cl)c1. The van der Waals surface area contributed by atoms with Gasteiger partial charge in [-0.05, 0) is 31.5 Å². The van der Waals surface area contributed by atoms with Gasteiger partial charge in [0.15, 0.2) is 0 Å². The quantitative estimate of drug-likeness (QED) is 0.847. The molecule has 2 atom stereocenters. The van der Waals surface area contributed by atoms with Crippen molar-refractivity contribution < 1.29 is 4.79 Å². The second kappa shape index (κ2) is 5.87. The van der Waals surface area contributed by atoms with Crippen LogP contribution >= 0.6 is 11.6 Å². The average Bonchev–Trinajstić information content (AvgIpc) is 2.27. The first-order chi connectivity index (χ1) is 7.54. The molecule has 0 aliphatic heterocycles. The number of carbonyl (C=O) groups excluding carboxylic acids is 1. The Morgan fingerprint density at radius 1 is 1.38 bits per heavy atom. The fourth-order valence-electron chi connectivity index (χ4n) is 1.54. The van der Waals surface area contributed by atoms with Gasteiger partial charge >= 0.3 is 0 Å². The minimum atomic E-state index is -0.223. The van der Waals surface area contributed by atoms with Crippen LogP contribution in [-0.4, -0.2) is 19.0 Å². The van der Waals surface area contributed by atoms with E-state index in [0.29, 0.717) is 5.02 Å². The molecule has 2 N–H and O–H groups in total. The third-order valence-electron chi connectivity index (χ3n) is 2.49. The Balaban J connectivity index is 2.65. The van der Waals surface area contributed by atoms with Crippen molar-refractivity contribution in [3.63, 3.8) is 0 Å². The molecule has 0 spiro atoms. The molecule has 1 rings (SSSR count). The maximum Gasteiger partial charge on any atom is 0.236 e. The van der Waals surface area contributed by atoms with Gasteiger partial charge in [-0.1, -0.05) is 23.7 Å². The average molecular weight is 241 g/mol. The van der Waals surface area contributed by atoms with Crippen molar-refractivity contribution in [3.05, 3.63) is 34.9 Å². The molecule has 3 nitrogen and oxygen atoms in total. The molecule has 16 heavy (non-hydrogen) atoms. The van der Waals surface area contributed by atoms with E-state index in [1.807, 2.05) is 38.1 Å². The van der Waals surface area contributed by atoms with E-state index >= 15 is 0 Å². The smallest absolute Gasteiger partial charge is 0.236 e. The van der Waals surface area contributed by atoms with Crippen molar-refractivity contribution in [3.8, 4) is 0 Å². The summed E-state index contributed by atoms with van der Waals surface area (Å²) < 4.78 is 0. The fourth-order valence-corrected chi connectivity index (χ4v) is 1.74. The zero-order valence-corrected chi connectivity index (χ0v) is 10.5. The van der Waals surface area contributed by atoms with E-state index in [4.69, 9.17) is 11.6 Å². The first-order valence-electron chi connectivity index (χ1n) is 5.27. The van der Waals surface area contributed by atoms with Gasteiger partial charge in [-0.25, -0.2) is 0 Å². The van der Waals surface area contributed by atoms with Crippen LogP contribution in [0.5, 0.6) is 0 Å². The second-order valence-corrected chi connectivity index (χ2v) is 4.22. The molecule has 1 aromatic rings. The first kappa shape index (κ1) is 13.0. The highest BCUT2D eigenvalue weighted by atomic mass is 35.5. The molecule has 0 aliphatic rings. The third kappa shape index (κ3) is 3.51. The monoisotopic (exact) mass is 240 g/mol. The van der Waals surface area contributed by atoms with E-state index in [-0.39, 0.29) is 18.0 Å². The van der Waals surface area contributed by atoms with Gasteiger partial charge in [-0.15, -0.1) is 0 Å². The standard InChI is InChI=1S/C12H17ClN2O/c1-8(15-9(2)12(16)14-3)10-5-4-6-11(13)7-10/h4-9,15H,1-3H3,(H,14,16)/t8?,9-/m1/s1. The normalized spacial score (nSPS) is 14.2. The highest BCUT2D eigenvalue weighted by Gasteiger charge is 2.14. The maximum atomic E-state index is 11.3. The van der Waals surface area contributed by atoms with E-state index in [0.717, 1.165) is 5.56 Å². The Bertz CT molecular complexity index is 368. The molecule has 4 heteroatoms. The highest BCUT2D eigenvalue weighted by Crippen LogP contribution is 2.17.